The fraction of sp³-hybridized carbons (Fsp3) is 0.824. The summed E-state index contributed by atoms with van der Waals surface area (Å²) in [6, 6.07) is 0. The van der Waals surface area contributed by atoms with Crippen molar-refractivity contribution in [2.45, 2.75) is 70.0 Å². The summed E-state index contributed by atoms with van der Waals surface area (Å²) in [5, 5.41) is 10.0. The SMILES string of the molecule is CC1(OC(=O)C2CC3C=CC2C3O)CCCCCCC1. The number of ether oxygens (including phenoxy) is 1. The van der Waals surface area contributed by atoms with Crippen LogP contribution >= 0.6 is 0 Å². The number of hydrogen-bond donors (Lipinski definition) is 1. The van der Waals surface area contributed by atoms with E-state index >= 15 is 0 Å². The molecule has 0 heterocycles. The smallest absolute Gasteiger partial charge is 0.310 e. The second-order valence-corrected chi connectivity index (χ2v) is 7.10. The van der Waals surface area contributed by atoms with Crippen molar-refractivity contribution in [1.29, 1.82) is 0 Å². The van der Waals surface area contributed by atoms with Crippen molar-refractivity contribution in [3.8, 4) is 0 Å². The molecule has 4 atom stereocenters. The minimum atomic E-state index is -0.363. The average molecular weight is 278 g/mol. The minimum absolute atomic E-state index is 0.00958. The highest BCUT2D eigenvalue weighted by atomic mass is 16.6. The number of aliphatic hydroxyl groups is 1. The lowest BCUT2D eigenvalue weighted by molar-refractivity contribution is -0.166. The highest BCUT2D eigenvalue weighted by molar-refractivity contribution is 5.74. The molecule has 2 bridgehead atoms. The second kappa shape index (κ2) is 5.51. The lowest BCUT2D eigenvalue weighted by atomic mass is 9.87. The maximum Gasteiger partial charge on any atom is 0.310 e. The fourth-order valence-corrected chi connectivity index (χ4v) is 4.15. The van der Waals surface area contributed by atoms with Crippen LogP contribution in [0.2, 0.25) is 0 Å². The first-order chi connectivity index (χ1) is 9.59. The van der Waals surface area contributed by atoms with Crippen LogP contribution in [0.1, 0.15) is 58.3 Å². The Kier molecular flexibility index (Phi) is 3.89. The van der Waals surface area contributed by atoms with Crippen molar-refractivity contribution in [3.05, 3.63) is 12.2 Å². The van der Waals surface area contributed by atoms with Crippen molar-refractivity contribution >= 4 is 5.97 Å². The normalized spacial score (nSPS) is 39.3. The summed E-state index contributed by atoms with van der Waals surface area (Å²) in [7, 11) is 0. The van der Waals surface area contributed by atoms with Gasteiger partial charge in [0.25, 0.3) is 0 Å². The highest BCUT2D eigenvalue weighted by Crippen LogP contribution is 2.45. The third-order valence-corrected chi connectivity index (χ3v) is 5.47. The van der Waals surface area contributed by atoms with Crippen molar-refractivity contribution < 1.29 is 14.6 Å². The molecular formula is C17H26O3. The van der Waals surface area contributed by atoms with E-state index in [1.165, 1.54) is 19.3 Å². The number of esters is 1. The first kappa shape index (κ1) is 14.1. The predicted octanol–water partition coefficient (Wildman–Crippen LogP) is 3.22. The van der Waals surface area contributed by atoms with Crippen molar-refractivity contribution in [3.63, 3.8) is 0 Å². The Balaban J connectivity index is 1.62. The summed E-state index contributed by atoms with van der Waals surface area (Å²) < 4.78 is 5.92. The Labute approximate surface area is 121 Å². The molecule has 0 aromatic carbocycles. The molecule has 0 amide bonds. The van der Waals surface area contributed by atoms with Gasteiger partial charge < -0.3 is 9.84 Å². The fourth-order valence-electron chi connectivity index (χ4n) is 4.15. The Morgan fingerprint density at radius 1 is 1.15 bits per heavy atom. The molecule has 3 heteroatoms. The van der Waals surface area contributed by atoms with Gasteiger partial charge >= 0.3 is 5.97 Å². The van der Waals surface area contributed by atoms with Crippen molar-refractivity contribution in [2.75, 3.05) is 0 Å². The van der Waals surface area contributed by atoms with Crippen LogP contribution in [0.5, 0.6) is 0 Å². The van der Waals surface area contributed by atoms with E-state index in [2.05, 4.69) is 13.0 Å². The molecule has 0 radical (unpaired) electrons. The molecule has 0 aromatic rings. The Hall–Kier alpha value is -0.830. The molecule has 4 unspecified atom stereocenters. The van der Waals surface area contributed by atoms with E-state index in [1.54, 1.807) is 0 Å². The van der Waals surface area contributed by atoms with Gasteiger partial charge in [-0.1, -0.05) is 31.4 Å². The number of fused-ring (bicyclic) bond motifs is 2. The highest BCUT2D eigenvalue weighted by Gasteiger charge is 2.48. The summed E-state index contributed by atoms with van der Waals surface area (Å²) in [6.45, 7) is 2.09. The number of hydrogen-bond acceptors (Lipinski definition) is 3. The zero-order valence-electron chi connectivity index (χ0n) is 12.4. The van der Waals surface area contributed by atoms with Gasteiger partial charge in [0.1, 0.15) is 5.60 Å². The third kappa shape index (κ3) is 2.65. The molecule has 3 rings (SSSR count). The zero-order chi connectivity index (χ0) is 14.2. The molecule has 112 valence electrons. The van der Waals surface area contributed by atoms with E-state index < -0.39 is 0 Å². The van der Waals surface area contributed by atoms with Gasteiger partial charge in [0.15, 0.2) is 0 Å². The number of aliphatic hydroxyl groups excluding tert-OH is 1. The summed E-state index contributed by atoms with van der Waals surface area (Å²) in [5.74, 6) is -0.0430. The van der Waals surface area contributed by atoms with Crippen LogP contribution in [-0.2, 0) is 9.53 Å². The van der Waals surface area contributed by atoms with Gasteiger partial charge in [-0.2, -0.15) is 0 Å². The van der Waals surface area contributed by atoms with Gasteiger partial charge in [-0.05, 0) is 39.0 Å². The molecular weight excluding hydrogens is 252 g/mol. The molecule has 20 heavy (non-hydrogen) atoms. The maximum absolute atomic E-state index is 12.5. The molecule has 2 fully saturated rings. The third-order valence-electron chi connectivity index (χ3n) is 5.47. The van der Waals surface area contributed by atoms with Crippen LogP contribution < -0.4 is 0 Å². The van der Waals surface area contributed by atoms with Crippen LogP contribution in [0.25, 0.3) is 0 Å². The van der Waals surface area contributed by atoms with E-state index in [4.69, 9.17) is 4.74 Å². The summed E-state index contributed by atoms with van der Waals surface area (Å²) in [6.07, 6.45) is 12.6. The quantitative estimate of drug-likeness (QED) is 0.623. The molecule has 0 aliphatic heterocycles. The molecule has 3 nitrogen and oxygen atoms in total. The number of rotatable bonds is 2. The monoisotopic (exact) mass is 278 g/mol. The summed E-state index contributed by atoms with van der Waals surface area (Å²) in [5.41, 5.74) is -0.284. The molecule has 0 spiro atoms. The van der Waals surface area contributed by atoms with Gasteiger partial charge in [-0.15, -0.1) is 0 Å². The molecule has 3 aliphatic carbocycles. The maximum atomic E-state index is 12.5. The minimum Gasteiger partial charge on any atom is -0.459 e. The summed E-state index contributed by atoms with van der Waals surface area (Å²) in [4.78, 5) is 12.5. The van der Waals surface area contributed by atoms with E-state index in [-0.39, 0.29) is 35.4 Å². The lowest BCUT2D eigenvalue weighted by Gasteiger charge is -2.33. The topological polar surface area (TPSA) is 46.5 Å². The number of carbonyl (C=O) groups is 1. The van der Waals surface area contributed by atoms with Gasteiger partial charge in [-0.3, -0.25) is 4.79 Å². The largest absolute Gasteiger partial charge is 0.459 e. The molecule has 2 saturated carbocycles. The lowest BCUT2D eigenvalue weighted by Crippen LogP contribution is -2.36. The number of carbonyl (C=O) groups excluding carboxylic acids is 1. The van der Waals surface area contributed by atoms with Crippen LogP contribution in [0, 0.1) is 17.8 Å². The van der Waals surface area contributed by atoms with Crippen LogP contribution in [-0.4, -0.2) is 22.8 Å². The van der Waals surface area contributed by atoms with E-state index in [0.717, 1.165) is 32.1 Å². The van der Waals surface area contributed by atoms with Crippen molar-refractivity contribution in [2.24, 2.45) is 17.8 Å². The molecule has 3 aliphatic rings. The van der Waals surface area contributed by atoms with E-state index in [0.29, 0.717) is 0 Å². The average Bonchev–Trinajstić information content (AvgIpc) is 2.90. The standard InChI is InChI=1S/C17H26O3/c1-17(9-5-3-2-4-6-10-17)20-16(19)14-11-12-7-8-13(14)15(12)18/h7-8,12-15,18H,2-6,9-11H2,1H3. The van der Waals surface area contributed by atoms with Gasteiger partial charge in [-0.25, -0.2) is 0 Å². The van der Waals surface area contributed by atoms with Gasteiger partial charge in [0.2, 0.25) is 0 Å². The molecule has 1 N–H and O–H groups in total. The van der Waals surface area contributed by atoms with Crippen LogP contribution in [0.4, 0.5) is 0 Å². The van der Waals surface area contributed by atoms with Crippen LogP contribution in [0.15, 0.2) is 12.2 Å². The zero-order valence-corrected chi connectivity index (χ0v) is 12.4. The Morgan fingerprint density at radius 2 is 1.80 bits per heavy atom. The Morgan fingerprint density at radius 3 is 2.35 bits per heavy atom. The first-order valence-corrected chi connectivity index (χ1v) is 8.18. The van der Waals surface area contributed by atoms with Crippen LogP contribution in [0.3, 0.4) is 0 Å². The molecule has 0 saturated heterocycles. The van der Waals surface area contributed by atoms with E-state index in [9.17, 15) is 9.90 Å². The van der Waals surface area contributed by atoms with E-state index in [1.807, 2.05) is 6.08 Å². The predicted molar refractivity (Wildman–Crippen MR) is 77.0 cm³/mol. The first-order valence-electron chi connectivity index (χ1n) is 8.18. The van der Waals surface area contributed by atoms with Gasteiger partial charge in [0.05, 0.1) is 12.0 Å². The second-order valence-electron chi connectivity index (χ2n) is 7.10. The Bertz CT molecular complexity index is 393. The molecule has 0 aromatic heterocycles. The summed E-state index contributed by atoms with van der Waals surface area (Å²) >= 11 is 0. The van der Waals surface area contributed by atoms with Gasteiger partial charge in [0, 0.05) is 11.8 Å². The van der Waals surface area contributed by atoms with Crippen molar-refractivity contribution in [1.82, 2.24) is 0 Å².